The normalized spacial score (nSPS) is 18.7. The Morgan fingerprint density at radius 3 is 2.20 bits per heavy atom. The van der Waals surface area contributed by atoms with E-state index in [1.807, 2.05) is 6.92 Å². The molecule has 0 aromatic rings. The van der Waals surface area contributed by atoms with Gasteiger partial charge in [-0.1, -0.05) is 27.2 Å². The Balaban J connectivity index is 2.10. The van der Waals surface area contributed by atoms with Crippen LogP contribution in [0.2, 0.25) is 0 Å². The number of hydrogen-bond acceptors (Lipinski definition) is 4. The van der Waals surface area contributed by atoms with E-state index in [0.29, 0.717) is 5.92 Å². The van der Waals surface area contributed by atoms with E-state index in [0.717, 1.165) is 77.9 Å². The number of nitrogens with zero attached hydrogens (tertiary/aromatic N) is 3. The summed E-state index contributed by atoms with van der Waals surface area (Å²) in [5, 5.41) is 9.07. The molecule has 1 atom stereocenters. The highest BCUT2D eigenvalue weighted by atomic mass is 16.4. The quantitative estimate of drug-likeness (QED) is 0.432. The van der Waals surface area contributed by atoms with Gasteiger partial charge in [0.2, 0.25) is 0 Å². The van der Waals surface area contributed by atoms with Crippen molar-refractivity contribution in [3.05, 3.63) is 0 Å². The minimum atomic E-state index is -0.637. The fourth-order valence-electron chi connectivity index (χ4n) is 3.50. The van der Waals surface area contributed by atoms with Gasteiger partial charge in [-0.15, -0.1) is 0 Å². The summed E-state index contributed by atoms with van der Waals surface area (Å²) in [4.78, 5) is 20.7. The van der Waals surface area contributed by atoms with E-state index in [4.69, 9.17) is 10.1 Å². The number of carboxylic acid groups (broad SMARTS) is 1. The van der Waals surface area contributed by atoms with E-state index in [9.17, 15) is 4.79 Å². The Morgan fingerprint density at radius 2 is 1.68 bits per heavy atom. The second-order valence-corrected chi connectivity index (χ2v) is 7.84. The van der Waals surface area contributed by atoms with Crippen molar-refractivity contribution in [1.29, 1.82) is 0 Å². The third-order valence-corrected chi connectivity index (χ3v) is 5.09. The summed E-state index contributed by atoms with van der Waals surface area (Å²) in [6.07, 6.45) is 4.80. The number of piperazine rings is 1. The number of aliphatic imine (C=N–C) groups is 1. The van der Waals surface area contributed by atoms with Crippen molar-refractivity contribution >= 4 is 11.7 Å². The third-order valence-electron chi connectivity index (χ3n) is 5.09. The zero-order valence-electron chi connectivity index (χ0n) is 16.8. The van der Waals surface area contributed by atoms with Crippen LogP contribution in [0.15, 0.2) is 4.99 Å². The molecule has 0 aromatic heterocycles. The SMILES string of the molecule is CCC(CCCCN1CCN(CCN=C(C)CC(C)C)CC1)C(=O)O. The first-order valence-electron chi connectivity index (χ1n) is 10.1. The maximum atomic E-state index is 11.0. The molecule has 146 valence electrons. The van der Waals surface area contributed by atoms with Crippen molar-refractivity contribution < 1.29 is 9.90 Å². The zero-order chi connectivity index (χ0) is 18.7. The molecule has 1 unspecified atom stereocenters. The minimum absolute atomic E-state index is 0.156. The molecule has 0 aromatic carbocycles. The van der Waals surface area contributed by atoms with Crippen LogP contribution < -0.4 is 0 Å². The van der Waals surface area contributed by atoms with Gasteiger partial charge >= 0.3 is 5.97 Å². The van der Waals surface area contributed by atoms with Crippen molar-refractivity contribution in [3.63, 3.8) is 0 Å². The summed E-state index contributed by atoms with van der Waals surface area (Å²) >= 11 is 0. The highest BCUT2D eigenvalue weighted by molar-refractivity contribution is 5.82. The van der Waals surface area contributed by atoms with Crippen LogP contribution >= 0.6 is 0 Å². The zero-order valence-corrected chi connectivity index (χ0v) is 16.8. The van der Waals surface area contributed by atoms with Gasteiger partial charge in [0.15, 0.2) is 0 Å². The molecule has 0 spiro atoms. The van der Waals surface area contributed by atoms with Gasteiger partial charge < -0.3 is 10.0 Å². The average Bonchev–Trinajstić information content (AvgIpc) is 2.55. The number of carbonyl (C=O) groups is 1. The Hall–Kier alpha value is -0.940. The van der Waals surface area contributed by atoms with Crippen molar-refractivity contribution in [2.24, 2.45) is 16.8 Å². The molecule has 0 saturated carbocycles. The maximum absolute atomic E-state index is 11.0. The fraction of sp³-hybridized carbons (Fsp3) is 0.900. The van der Waals surface area contributed by atoms with Crippen LogP contribution in [0.3, 0.4) is 0 Å². The van der Waals surface area contributed by atoms with Gasteiger partial charge in [0.25, 0.3) is 0 Å². The molecule has 0 amide bonds. The van der Waals surface area contributed by atoms with Gasteiger partial charge in [0, 0.05) is 38.4 Å². The predicted molar refractivity (Wildman–Crippen MR) is 106 cm³/mol. The van der Waals surface area contributed by atoms with E-state index < -0.39 is 5.97 Å². The van der Waals surface area contributed by atoms with Crippen molar-refractivity contribution in [2.75, 3.05) is 45.8 Å². The second kappa shape index (κ2) is 12.4. The predicted octanol–water partition coefficient (Wildman–Crippen LogP) is 3.39. The van der Waals surface area contributed by atoms with Crippen molar-refractivity contribution in [2.45, 2.75) is 59.8 Å². The van der Waals surface area contributed by atoms with Crippen LogP contribution in [-0.4, -0.2) is 72.4 Å². The Kier molecular flexibility index (Phi) is 11.0. The lowest BCUT2D eigenvalue weighted by atomic mass is 9.99. The first-order chi connectivity index (χ1) is 11.9. The molecule has 1 rings (SSSR count). The van der Waals surface area contributed by atoms with Crippen LogP contribution in [-0.2, 0) is 4.79 Å². The summed E-state index contributed by atoms with van der Waals surface area (Å²) in [6.45, 7) is 16.2. The van der Waals surface area contributed by atoms with Crippen LogP contribution in [0.4, 0.5) is 0 Å². The molecule has 1 fully saturated rings. The van der Waals surface area contributed by atoms with Crippen molar-refractivity contribution in [1.82, 2.24) is 9.80 Å². The maximum Gasteiger partial charge on any atom is 0.306 e. The highest BCUT2D eigenvalue weighted by Gasteiger charge is 2.17. The lowest BCUT2D eigenvalue weighted by Gasteiger charge is -2.34. The number of unbranched alkanes of at least 4 members (excludes halogenated alkanes) is 1. The number of aliphatic carboxylic acids is 1. The number of hydrogen-bond donors (Lipinski definition) is 1. The summed E-state index contributed by atoms with van der Waals surface area (Å²) in [6, 6.07) is 0. The van der Waals surface area contributed by atoms with Crippen LogP contribution in [0.25, 0.3) is 0 Å². The van der Waals surface area contributed by atoms with E-state index in [1.165, 1.54) is 5.71 Å². The molecule has 25 heavy (non-hydrogen) atoms. The molecule has 1 aliphatic rings. The Bertz CT molecular complexity index is 402. The van der Waals surface area contributed by atoms with Crippen LogP contribution in [0.1, 0.15) is 59.8 Å². The summed E-state index contributed by atoms with van der Waals surface area (Å²) in [7, 11) is 0. The van der Waals surface area contributed by atoms with Crippen LogP contribution in [0, 0.1) is 11.8 Å². The molecular formula is C20H39N3O2. The number of carboxylic acids is 1. The molecule has 5 nitrogen and oxygen atoms in total. The van der Waals surface area contributed by atoms with Gasteiger partial charge in [0.05, 0.1) is 12.5 Å². The van der Waals surface area contributed by atoms with Gasteiger partial charge in [-0.2, -0.15) is 0 Å². The third kappa shape index (κ3) is 9.95. The van der Waals surface area contributed by atoms with E-state index in [1.54, 1.807) is 0 Å². The Labute approximate surface area is 154 Å². The van der Waals surface area contributed by atoms with Gasteiger partial charge in [-0.3, -0.25) is 14.7 Å². The van der Waals surface area contributed by atoms with Gasteiger partial charge in [0.1, 0.15) is 0 Å². The lowest BCUT2D eigenvalue weighted by Crippen LogP contribution is -2.47. The minimum Gasteiger partial charge on any atom is -0.481 e. The highest BCUT2D eigenvalue weighted by Crippen LogP contribution is 2.13. The van der Waals surface area contributed by atoms with E-state index >= 15 is 0 Å². The smallest absolute Gasteiger partial charge is 0.306 e. The summed E-state index contributed by atoms with van der Waals surface area (Å²) in [5.74, 6) is -0.102. The van der Waals surface area contributed by atoms with Crippen molar-refractivity contribution in [3.8, 4) is 0 Å². The molecule has 1 aliphatic heterocycles. The summed E-state index contributed by atoms with van der Waals surface area (Å²) in [5.41, 5.74) is 1.28. The lowest BCUT2D eigenvalue weighted by molar-refractivity contribution is -0.142. The fourth-order valence-corrected chi connectivity index (χ4v) is 3.50. The van der Waals surface area contributed by atoms with Crippen LogP contribution in [0.5, 0.6) is 0 Å². The molecular weight excluding hydrogens is 314 g/mol. The molecule has 0 aliphatic carbocycles. The molecule has 1 saturated heterocycles. The topological polar surface area (TPSA) is 56.1 Å². The monoisotopic (exact) mass is 353 g/mol. The molecule has 1 heterocycles. The largest absolute Gasteiger partial charge is 0.481 e. The Morgan fingerprint density at radius 1 is 1.08 bits per heavy atom. The van der Waals surface area contributed by atoms with E-state index in [2.05, 4.69) is 30.6 Å². The van der Waals surface area contributed by atoms with Gasteiger partial charge in [-0.05, 0) is 45.1 Å². The van der Waals surface area contributed by atoms with E-state index in [-0.39, 0.29) is 5.92 Å². The average molecular weight is 354 g/mol. The molecule has 0 radical (unpaired) electrons. The molecule has 0 bridgehead atoms. The standard InChI is InChI=1S/C20H39N3O2/c1-5-19(20(24)25)8-6-7-10-22-12-14-23(15-13-22)11-9-21-18(4)16-17(2)3/h17,19H,5-16H2,1-4H3,(H,24,25). The first kappa shape index (κ1) is 22.1. The second-order valence-electron chi connectivity index (χ2n) is 7.84. The summed E-state index contributed by atoms with van der Waals surface area (Å²) < 4.78 is 0. The molecule has 1 N–H and O–H groups in total. The first-order valence-corrected chi connectivity index (χ1v) is 10.1. The molecule has 5 heteroatoms. The number of rotatable bonds is 12. The van der Waals surface area contributed by atoms with Gasteiger partial charge in [-0.25, -0.2) is 0 Å².